The van der Waals surface area contributed by atoms with E-state index < -0.39 is 0 Å². The molecule has 1 saturated heterocycles. The van der Waals surface area contributed by atoms with Crippen LogP contribution in [0, 0.1) is 11.8 Å². The molecule has 0 aromatic carbocycles. The van der Waals surface area contributed by atoms with Crippen LogP contribution in [0.1, 0.15) is 36.5 Å². The highest BCUT2D eigenvalue weighted by molar-refractivity contribution is 5.94. The van der Waals surface area contributed by atoms with Crippen LogP contribution in [0.2, 0.25) is 0 Å². The van der Waals surface area contributed by atoms with Crippen LogP contribution in [0.3, 0.4) is 0 Å². The lowest BCUT2D eigenvalue weighted by molar-refractivity contribution is 0.0780. The predicted molar refractivity (Wildman–Crippen MR) is 89.6 cm³/mol. The van der Waals surface area contributed by atoms with Crippen LogP contribution in [-0.4, -0.2) is 60.5 Å². The number of aromatic nitrogens is 1. The zero-order valence-electron chi connectivity index (χ0n) is 14.4. The van der Waals surface area contributed by atoms with Gasteiger partial charge in [-0.1, -0.05) is 13.3 Å². The third-order valence-corrected chi connectivity index (χ3v) is 5.03. The highest BCUT2D eigenvalue weighted by atomic mass is 16.5. The Morgan fingerprint density at radius 1 is 1.35 bits per heavy atom. The molecule has 2 atom stereocenters. The van der Waals surface area contributed by atoms with Gasteiger partial charge < -0.3 is 14.5 Å². The molecule has 1 aromatic rings. The summed E-state index contributed by atoms with van der Waals surface area (Å²) in [5, 5.41) is 0. The largest absolute Gasteiger partial charge is 0.477 e. The Hall–Kier alpha value is -1.62. The summed E-state index contributed by atoms with van der Waals surface area (Å²) in [6.07, 6.45) is 5.27. The van der Waals surface area contributed by atoms with Crippen LogP contribution in [0.15, 0.2) is 18.3 Å². The van der Waals surface area contributed by atoms with E-state index in [0.717, 1.165) is 26.1 Å². The Morgan fingerprint density at radius 2 is 2.13 bits per heavy atom. The monoisotopic (exact) mass is 317 g/mol. The van der Waals surface area contributed by atoms with Crippen molar-refractivity contribution >= 4 is 5.91 Å². The molecule has 1 amide bonds. The molecule has 126 valence electrons. The molecule has 0 radical (unpaired) electrons. The van der Waals surface area contributed by atoms with Gasteiger partial charge in [0.1, 0.15) is 0 Å². The minimum atomic E-state index is 0.0778. The van der Waals surface area contributed by atoms with Crippen LogP contribution in [0.4, 0.5) is 0 Å². The highest BCUT2D eigenvalue weighted by Gasteiger charge is 2.35. The van der Waals surface area contributed by atoms with Crippen molar-refractivity contribution in [3.05, 3.63) is 23.9 Å². The summed E-state index contributed by atoms with van der Waals surface area (Å²) in [4.78, 5) is 21.2. The van der Waals surface area contributed by atoms with Crippen molar-refractivity contribution in [2.75, 3.05) is 33.8 Å². The Labute approximate surface area is 138 Å². The van der Waals surface area contributed by atoms with Crippen molar-refractivity contribution in [1.82, 2.24) is 14.8 Å². The predicted octanol–water partition coefficient (Wildman–Crippen LogP) is 2.28. The van der Waals surface area contributed by atoms with E-state index in [1.54, 1.807) is 6.20 Å². The van der Waals surface area contributed by atoms with Gasteiger partial charge >= 0.3 is 0 Å². The first-order valence-corrected chi connectivity index (χ1v) is 8.63. The third kappa shape index (κ3) is 3.83. The molecule has 5 heteroatoms. The van der Waals surface area contributed by atoms with Crippen LogP contribution in [0.5, 0.6) is 5.88 Å². The van der Waals surface area contributed by atoms with E-state index in [4.69, 9.17) is 4.74 Å². The van der Waals surface area contributed by atoms with Crippen molar-refractivity contribution in [3.8, 4) is 5.88 Å². The molecule has 2 fully saturated rings. The molecule has 3 rings (SSSR count). The highest BCUT2D eigenvalue weighted by Crippen LogP contribution is 2.29. The van der Waals surface area contributed by atoms with E-state index in [1.807, 2.05) is 17.0 Å². The maximum atomic E-state index is 12.7. The fourth-order valence-corrected chi connectivity index (χ4v) is 3.27. The SMILES string of the molecule is CC[C@@H]1CN(C(=O)c2ccc(OCC3CC3)nc2)C[C@@H]1N(C)C. The van der Waals surface area contributed by atoms with Crippen molar-refractivity contribution in [2.24, 2.45) is 11.8 Å². The Kier molecular flexibility index (Phi) is 4.85. The van der Waals surface area contributed by atoms with Crippen LogP contribution >= 0.6 is 0 Å². The lowest BCUT2D eigenvalue weighted by Gasteiger charge is -2.23. The number of pyridine rings is 1. The van der Waals surface area contributed by atoms with E-state index in [-0.39, 0.29) is 5.91 Å². The first-order chi connectivity index (χ1) is 11.1. The molecule has 2 heterocycles. The minimum absolute atomic E-state index is 0.0778. The van der Waals surface area contributed by atoms with Gasteiger partial charge in [0.05, 0.1) is 12.2 Å². The molecule has 5 nitrogen and oxygen atoms in total. The summed E-state index contributed by atoms with van der Waals surface area (Å²) >= 11 is 0. The molecule has 0 unspecified atom stereocenters. The summed E-state index contributed by atoms with van der Waals surface area (Å²) in [5.41, 5.74) is 0.651. The number of nitrogens with zero attached hydrogens (tertiary/aromatic N) is 3. The van der Waals surface area contributed by atoms with Gasteiger partial charge in [-0.25, -0.2) is 4.98 Å². The number of likely N-dealkylation sites (N-methyl/N-ethyl adjacent to an activating group) is 1. The Morgan fingerprint density at radius 3 is 2.65 bits per heavy atom. The molecule has 1 aliphatic heterocycles. The summed E-state index contributed by atoms with van der Waals surface area (Å²) in [7, 11) is 4.18. The fourth-order valence-electron chi connectivity index (χ4n) is 3.27. The summed E-state index contributed by atoms with van der Waals surface area (Å²) < 4.78 is 5.63. The first-order valence-electron chi connectivity index (χ1n) is 8.63. The van der Waals surface area contributed by atoms with Crippen LogP contribution in [0.25, 0.3) is 0 Å². The summed E-state index contributed by atoms with van der Waals surface area (Å²) in [6, 6.07) is 4.09. The number of carbonyl (C=O) groups excluding carboxylic acids is 1. The van der Waals surface area contributed by atoms with Gasteiger partial charge in [-0.05, 0) is 44.8 Å². The lowest BCUT2D eigenvalue weighted by Crippen LogP contribution is -2.36. The molecule has 1 aromatic heterocycles. The second-order valence-corrected chi connectivity index (χ2v) is 7.05. The smallest absolute Gasteiger partial charge is 0.255 e. The number of carbonyl (C=O) groups is 1. The third-order valence-electron chi connectivity index (χ3n) is 5.03. The number of ether oxygens (including phenoxy) is 1. The maximum absolute atomic E-state index is 12.7. The van der Waals surface area contributed by atoms with E-state index in [0.29, 0.717) is 29.3 Å². The van der Waals surface area contributed by atoms with Gasteiger partial charge in [0.2, 0.25) is 5.88 Å². The van der Waals surface area contributed by atoms with E-state index in [2.05, 4.69) is 30.9 Å². The number of rotatable bonds is 6. The van der Waals surface area contributed by atoms with Gasteiger partial charge in [-0.15, -0.1) is 0 Å². The quantitative estimate of drug-likeness (QED) is 0.807. The van der Waals surface area contributed by atoms with E-state index in [1.165, 1.54) is 12.8 Å². The van der Waals surface area contributed by atoms with Gasteiger partial charge in [0.15, 0.2) is 0 Å². The van der Waals surface area contributed by atoms with Crippen LogP contribution in [-0.2, 0) is 0 Å². The maximum Gasteiger partial charge on any atom is 0.255 e. The molecule has 0 spiro atoms. The molecule has 1 saturated carbocycles. The zero-order valence-corrected chi connectivity index (χ0v) is 14.4. The number of likely N-dealkylation sites (tertiary alicyclic amines) is 1. The summed E-state index contributed by atoms with van der Waals surface area (Å²) in [5.74, 6) is 1.95. The molecule has 0 N–H and O–H groups in total. The number of amides is 1. The minimum Gasteiger partial charge on any atom is -0.477 e. The van der Waals surface area contributed by atoms with Crippen LogP contribution < -0.4 is 4.74 Å². The second-order valence-electron chi connectivity index (χ2n) is 7.05. The number of hydrogen-bond acceptors (Lipinski definition) is 4. The molecular weight excluding hydrogens is 290 g/mol. The van der Waals surface area contributed by atoms with Crippen molar-refractivity contribution in [3.63, 3.8) is 0 Å². The molecule has 23 heavy (non-hydrogen) atoms. The number of hydrogen-bond donors (Lipinski definition) is 0. The van der Waals surface area contributed by atoms with Gasteiger partial charge in [0, 0.05) is 31.4 Å². The van der Waals surface area contributed by atoms with Gasteiger partial charge in [0.25, 0.3) is 5.91 Å². The summed E-state index contributed by atoms with van der Waals surface area (Å²) in [6.45, 7) is 4.57. The first kappa shape index (κ1) is 16.2. The van der Waals surface area contributed by atoms with Crippen molar-refractivity contribution in [2.45, 2.75) is 32.2 Å². The average molecular weight is 317 g/mol. The standard InChI is InChI=1S/C18H27N3O2/c1-4-14-10-21(11-16(14)20(2)3)18(22)15-7-8-17(19-9-15)23-12-13-5-6-13/h7-9,13-14,16H,4-6,10-12H2,1-3H3/t14-,16+/m1/s1. The van der Waals surface area contributed by atoms with Crippen molar-refractivity contribution < 1.29 is 9.53 Å². The van der Waals surface area contributed by atoms with E-state index >= 15 is 0 Å². The topological polar surface area (TPSA) is 45.7 Å². The Bertz CT molecular complexity index is 540. The van der Waals surface area contributed by atoms with Crippen molar-refractivity contribution in [1.29, 1.82) is 0 Å². The van der Waals surface area contributed by atoms with Gasteiger partial charge in [-0.2, -0.15) is 0 Å². The van der Waals surface area contributed by atoms with Gasteiger partial charge in [-0.3, -0.25) is 4.79 Å². The molecule has 2 aliphatic rings. The fraction of sp³-hybridized carbons (Fsp3) is 0.667. The molecule has 0 bridgehead atoms. The molecule has 1 aliphatic carbocycles. The molecular formula is C18H27N3O2. The average Bonchev–Trinajstić information content (AvgIpc) is 3.28. The second kappa shape index (κ2) is 6.87. The Balaban J connectivity index is 1.61. The normalized spacial score (nSPS) is 24.3. The lowest BCUT2D eigenvalue weighted by atomic mass is 10.0. The zero-order chi connectivity index (χ0) is 16.4. The van der Waals surface area contributed by atoms with E-state index in [9.17, 15) is 4.79 Å².